The van der Waals surface area contributed by atoms with Crippen molar-refractivity contribution in [3.8, 4) is 11.4 Å². The van der Waals surface area contributed by atoms with E-state index < -0.39 is 5.82 Å². The largest absolute Gasteiger partial charge is 0.494 e. The third kappa shape index (κ3) is 1.93. The van der Waals surface area contributed by atoms with E-state index in [-0.39, 0.29) is 5.75 Å². The summed E-state index contributed by atoms with van der Waals surface area (Å²) in [4.78, 5) is 4.38. The summed E-state index contributed by atoms with van der Waals surface area (Å²) < 4.78 is 22.1. The lowest BCUT2D eigenvalue weighted by molar-refractivity contribution is 0.386. The Balaban J connectivity index is 2.29. The summed E-state index contributed by atoms with van der Waals surface area (Å²) in [7, 11) is 3.26. The molecule has 0 amide bonds. The Morgan fingerprint density at radius 2 is 2.14 bits per heavy atom. The Morgan fingerprint density at radius 3 is 2.81 bits per heavy atom. The van der Waals surface area contributed by atoms with Gasteiger partial charge in [-0.05, 0) is 18.6 Å². The second-order valence-corrected chi connectivity index (χ2v) is 4.72. The van der Waals surface area contributed by atoms with Crippen molar-refractivity contribution in [3.05, 3.63) is 29.7 Å². The first kappa shape index (κ1) is 13.4. The van der Waals surface area contributed by atoms with E-state index in [1.807, 2.05) is 14.0 Å². The molecule has 21 heavy (non-hydrogen) atoms. The zero-order valence-corrected chi connectivity index (χ0v) is 12.1. The fourth-order valence-corrected chi connectivity index (χ4v) is 2.48. The zero-order valence-electron chi connectivity index (χ0n) is 12.1. The van der Waals surface area contributed by atoms with Crippen molar-refractivity contribution in [2.24, 2.45) is 7.05 Å². The van der Waals surface area contributed by atoms with Gasteiger partial charge in [-0.1, -0.05) is 6.92 Å². The van der Waals surface area contributed by atoms with E-state index in [1.165, 1.54) is 13.2 Å². The first-order valence-electron chi connectivity index (χ1n) is 6.60. The average Bonchev–Trinajstić information content (AvgIpc) is 2.96. The molecule has 0 aliphatic rings. The Labute approximate surface area is 120 Å². The number of nitrogens with zero attached hydrogens (tertiary/aromatic N) is 4. The Morgan fingerprint density at radius 1 is 1.38 bits per heavy atom. The first-order chi connectivity index (χ1) is 10.1. The third-order valence-electron chi connectivity index (χ3n) is 3.46. The summed E-state index contributed by atoms with van der Waals surface area (Å²) in [6.07, 6.45) is 0.764. The molecule has 2 aromatic heterocycles. The predicted molar refractivity (Wildman–Crippen MR) is 78.1 cm³/mol. The van der Waals surface area contributed by atoms with Crippen molar-refractivity contribution in [1.82, 2.24) is 19.3 Å². The Hall–Kier alpha value is -2.57. The van der Waals surface area contributed by atoms with Gasteiger partial charge in [0, 0.05) is 13.1 Å². The van der Waals surface area contributed by atoms with Crippen molar-refractivity contribution >= 4 is 17.1 Å². The molecule has 0 fully saturated rings. The molecule has 0 saturated heterocycles. The van der Waals surface area contributed by atoms with Gasteiger partial charge in [0.25, 0.3) is 0 Å². The number of aryl methyl sites for hydroxylation is 2. The van der Waals surface area contributed by atoms with E-state index in [1.54, 1.807) is 21.4 Å². The fraction of sp³-hybridized carbons (Fsp3) is 0.286. The van der Waals surface area contributed by atoms with Gasteiger partial charge in [0.05, 0.1) is 18.5 Å². The number of benzene rings is 1. The molecule has 3 aromatic rings. The van der Waals surface area contributed by atoms with Gasteiger partial charge in [-0.25, -0.2) is 14.1 Å². The monoisotopic (exact) mass is 289 g/mol. The van der Waals surface area contributed by atoms with Crippen molar-refractivity contribution in [3.63, 3.8) is 0 Å². The van der Waals surface area contributed by atoms with Gasteiger partial charge in [0.1, 0.15) is 5.52 Å². The molecule has 0 radical (unpaired) electrons. The molecule has 7 heteroatoms. The van der Waals surface area contributed by atoms with Crippen LogP contribution in [0.15, 0.2) is 18.2 Å². The van der Waals surface area contributed by atoms with Crippen LogP contribution in [0.3, 0.4) is 0 Å². The van der Waals surface area contributed by atoms with Crippen LogP contribution >= 0.6 is 0 Å². The van der Waals surface area contributed by atoms with E-state index in [0.29, 0.717) is 11.6 Å². The summed E-state index contributed by atoms with van der Waals surface area (Å²) in [5.41, 5.74) is 9.13. The molecule has 110 valence electrons. The molecule has 0 spiro atoms. The van der Waals surface area contributed by atoms with Gasteiger partial charge in [0.15, 0.2) is 17.2 Å². The highest BCUT2D eigenvalue weighted by Crippen LogP contribution is 2.28. The maximum absolute atomic E-state index is 13.6. The van der Waals surface area contributed by atoms with E-state index in [0.717, 1.165) is 23.3 Å². The molecular formula is C14H16FN5O. The van der Waals surface area contributed by atoms with Crippen LogP contribution in [0.1, 0.15) is 12.6 Å². The molecule has 1 aromatic carbocycles. The van der Waals surface area contributed by atoms with Crippen LogP contribution in [0.25, 0.3) is 16.9 Å². The van der Waals surface area contributed by atoms with Crippen LogP contribution in [-0.4, -0.2) is 26.4 Å². The second-order valence-electron chi connectivity index (χ2n) is 4.72. The lowest BCUT2D eigenvalue weighted by Gasteiger charge is -2.09. The van der Waals surface area contributed by atoms with Gasteiger partial charge in [0.2, 0.25) is 5.95 Å². The maximum atomic E-state index is 13.6. The number of hydrogen-bond acceptors (Lipinski definition) is 4. The summed E-state index contributed by atoms with van der Waals surface area (Å²) in [5, 5.41) is 4.43. The average molecular weight is 289 g/mol. The fourth-order valence-electron chi connectivity index (χ4n) is 2.48. The summed E-state index contributed by atoms with van der Waals surface area (Å²) >= 11 is 0. The number of anilines is 1. The number of halogens is 1. The van der Waals surface area contributed by atoms with Crippen LogP contribution in [0.2, 0.25) is 0 Å². The molecule has 2 heterocycles. The number of aromatic nitrogens is 4. The molecular weight excluding hydrogens is 273 g/mol. The molecule has 0 saturated carbocycles. The predicted octanol–water partition coefficient (Wildman–Crippen LogP) is 2.05. The number of nitrogens with two attached hydrogens (primary N) is 1. The van der Waals surface area contributed by atoms with Crippen molar-refractivity contribution in [2.45, 2.75) is 13.3 Å². The molecule has 3 rings (SSSR count). The minimum atomic E-state index is -0.421. The topological polar surface area (TPSA) is 70.9 Å². The maximum Gasteiger partial charge on any atom is 0.207 e. The van der Waals surface area contributed by atoms with Crippen molar-refractivity contribution in [2.75, 3.05) is 12.8 Å². The van der Waals surface area contributed by atoms with Crippen LogP contribution in [-0.2, 0) is 13.5 Å². The highest BCUT2D eigenvalue weighted by atomic mass is 19.1. The minimum Gasteiger partial charge on any atom is -0.494 e. The number of hydrogen-bond donors (Lipinski definition) is 1. The normalized spacial score (nSPS) is 11.2. The van der Waals surface area contributed by atoms with Gasteiger partial charge >= 0.3 is 0 Å². The highest BCUT2D eigenvalue weighted by molar-refractivity contribution is 5.80. The lowest BCUT2D eigenvalue weighted by Crippen LogP contribution is -2.05. The van der Waals surface area contributed by atoms with E-state index in [9.17, 15) is 4.39 Å². The number of methoxy groups -OCH3 is 1. The molecule has 6 nitrogen and oxygen atoms in total. The molecule has 2 N–H and O–H groups in total. The summed E-state index contributed by atoms with van der Waals surface area (Å²) in [6.45, 7) is 2.01. The Kier molecular flexibility index (Phi) is 3.04. The number of rotatable bonds is 3. The SMILES string of the molecule is CCc1nn(C)c2c1nc(N)n2-c1ccc(F)c(OC)c1. The van der Waals surface area contributed by atoms with Crippen LogP contribution in [0.5, 0.6) is 5.75 Å². The van der Waals surface area contributed by atoms with E-state index in [4.69, 9.17) is 10.5 Å². The highest BCUT2D eigenvalue weighted by Gasteiger charge is 2.19. The summed E-state index contributed by atoms with van der Waals surface area (Å²) in [6, 6.07) is 4.57. The Bertz CT molecular complexity index is 820. The third-order valence-corrected chi connectivity index (χ3v) is 3.46. The van der Waals surface area contributed by atoms with E-state index in [2.05, 4.69) is 10.1 Å². The minimum absolute atomic E-state index is 0.159. The van der Waals surface area contributed by atoms with Gasteiger partial charge < -0.3 is 10.5 Å². The smallest absolute Gasteiger partial charge is 0.207 e. The second kappa shape index (κ2) is 4.76. The quantitative estimate of drug-likeness (QED) is 0.801. The van der Waals surface area contributed by atoms with Crippen molar-refractivity contribution in [1.29, 1.82) is 0 Å². The molecule has 0 atom stereocenters. The van der Waals surface area contributed by atoms with Gasteiger partial charge in [-0.3, -0.25) is 4.57 Å². The number of fused-ring (bicyclic) bond motifs is 1. The molecule has 0 unspecified atom stereocenters. The van der Waals surface area contributed by atoms with Crippen molar-refractivity contribution < 1.29 is 9.13 Å². The first-order valence-corrected chi connectivity index (χ1v) is 6.60. The standard InChI is InChI=1S/C14H16FN5O/c1-4-10-12-13(19(2)18-10)20(14(16)17-12)8-5-6-9(15)11(7-8)21-3/h5-7H,4H2,1-3H3,(H2,16,17). The van der Waals surface area contributed by atoms with Crippen LogP contribution < -0.4 is 10.5 Å². The van der Waals surface area contributed by atoms with E-state index >= 15 is 0 Å². The molecule has 0 aliphatic heterocycles. The lowest BCUT2D eigenvalue weighted by atomic mass is 10.2. The van der Waals surface area contributed by atoms with Crippen LogP contribution in [0.4, 0.5) is 10.3 Å². The van der Waals surface area contributed by atoms with Crippen LogP contribution in [0, 0.1) is 5.82 Å². The number of imidazole rings is 1. The molecule has 0 bridgehead atoms. The van der Waals surface area contributed by atoms with Gasteiger partial charge in [-0.15, -0.1) is 0 Å². The number of nitrogen functional groups attached to an aromatic ring is 1. The molecule has 0 aliphatic carbocycles. The van der Waals surface area contributed by atoms with Gasteiger partial charge in [-0.2, -0.15) is 5.10 Å². The summed E-state index contributed by atoms with van der Waals surface area (Å²) in [5.74, 6) is 0.0726. The number of ether oxygens (including phenoxy) is 1. The zero-order chi connectivity index (χ0) is 15.1.